The van der Waals surface area contributed by atoms with Gasteiger partial charge in [-0.05, 0) is 54.1 Å². The van der Waals surface area contributed by atoms with E-state index >= 15 is 0 Å². The van der Waals surface area contributed by atoms with Crippen LogP contribution in [0.4, 0.5) is 4.39 Å². The number of allylic oxidation sites excluding steroid dienone is 1. The fourth-order valence-electron chi connectivity index (χ4n) is 2.16. The van der Waals surface area contributed by atoms with Gasteiger partial charge in [0.05, 0.1) is 11.8 Å². The number of carbonyl (C=O) groups is 2. The van der Waals surface area contributed by atoms with Crippen LogP contribution in [0.2, 0.25) is 5.02 Å². The van der Waals surface area contributed by atoms with Gasteiger partial charge in [-0.1, -0.05) is 29.8 Å². The van der Waals surface area contributed by atoms with Crippen LogP contribution < -0.4 is 4.74 Å². The van der Waals surface area contributed by atoms with Gasteiger partial charge in [-0.15, -0.1) is 0 Å². The van der Waals surface area contributed by atoms with E-state index in [2.05, 4.69) is 0 Å². The smallest absolute Gasteiger partial charge is 0.379 e. The van der Waals surface area contributed by atoms with E-state index in [9.17, 15) is 14.0 Å². The van der Waals surface area contributed by atoms with Gasteiger partial charge in [-0.25, -0.2) is 9.18 Å². The molecular formula is C20H12ClFO4. The minimum Gasteiger partial charge on any atom is -0.457 e. The molecule has 26 heavy (non-hydrogen) atoms. The topological polar surface area (TPSA) is 56.5 Å². The number of esters is 1. The molecule has 0 N–H and O–H groups in total. The molecule has 130 valence electrons. The normalized spacial score (nSPS) is 10.8. The summed E-state index contributed by atoms with van der Waals surface area (Å²) in [4.78, 5) is 24.5. The van der Waals surface area contributed by atoms with Crippen molar-refractivity contribution in [2.75, 3.05) is 0 Å². The Labute approximate surface area is 153 Å². The van der Waals surface area contributed by atoms with Gasteiger partial charge in [0.2, 0.25) is 5.76 Å². The van der Waals surface area contributed by atoms with E-state index in [0.29, 0.717) is 10.6 Å². The quantitative estimate of drug-likeness (QED) is 0.268. The van der Waals surface area contributed by atoms with Crippen molar-refractivity contribution in [2.45, 2.75) is 0 Å². The number of rotatable bonds is 5. The van der Waals surface area contributed by atoms with Crippen molar-refractivity contribution in [2.24, 2.45) is 0 Å². The molecule has 0 aliphatic rings. The summed E-state index contributed by atoms with van der Waals surface area (Å²) in [6.45, 7) is 0. The maximum absolute atomic E-state index is 12.9. The Morgan fingerprint density at radius 1 is 1.08 bits per heavy atom. The molecule has 4 nitrogen and oxygen atoms in total. The molecule has 0 aliphatic carbocycles. The highest BCUT2D eigenvalue weighted by molar-refractivity contribution is 6.31. The molecule has 0 atom stereocenters. The van der Waals surface area contributed by atoms with Gasteiger partial charge < -0.3 is 9.15 Å². The molecule has 6 heteroatoms. The van der Waals surface area contributed by atoms with Crippen molar-refractivity contribution in [3.05, 3.63) is 94.7 Å². The van der Waals surface area contributed by atoms with Gasteiger partial charge in [-0.3, -0.25) is 4.79 Å². The predicted octanol–water partition coefficient (Wildman–Crippen LogP) is 5.19. The average Bonchev–Trinajstić information content (AvgIpc) is 3.17. The van der Waals surface area contributed by atoms with Gasteiger partial charge in [-0.2, -0.15) is 0 Å². The van der Waals surface area contributed by atoms with Crippen LogP contribution in [0.15, 0.2) is 71.4 Å². The van der Waals surface area contributed by atoms with Crippen LogP contribution in [0.5, 0.6) is 5.75 Å². The molecule has 1 heterocycles. The molecule has 3 rings (SSSR count). The molecular weight excluding hydrogens is 359 g/mol. The summed E-state index contributed by atoms with van der Waals surface area (Å²) in [6.07, 6.45) is 4.17. The third kappa shape index (κ3) is 4.26. The Bertz CT molecular complexity index is 960. The molecule has 0 unspecified atom stereocenters. The molecule has 0 bridgehead atoms. The number of benzene rings is 2. The minimum atomic E-state index is -0.728. The van der Waals surface area contributed by atoms with Gasteiger partial charge in [0.15, 0.2) is 5.78 Å². The van der Waals surface area contributed by atoms with Crippen LogP contribution in [-0.4, -0.2) is 11.8 Å². The van der Waals surface area contributed by atoms with E-state index in [1.807, 2.05) is 0 Å². The van der Waals surface area contributed by atoms with Crippen LogP contribution in [0.1, 0.15) is 26.5 Å². The molecule has 0 saturated heterocycles. The number of halogens is 2. The third-order valence-corrected chi connectivity index (χ3v) is 3.66. The monoisotopic (exact) mass is 370 g/mol. The molecule has 0 radical (unpaired) electrons. The lowest BCUT2D eigenvalue weighted by molar-refractivity contribution is 0.0700. The third-order valence-electron chi connectivity index (χ3n) is 3.43. The summed E-state index contributed by atoms with van der Waals surface area (Å²) in [5.74, 6) is -1.44. The summed E-state index contributed by atoms with van der Waals surface area (Å²) in [5.41, 5.74) is 0.770. The minimum absolute atomic E-state index is 0.0141. The van der Waals surface area contributed by atoms with E-state index < -0.39 is 11.8 Å². The average molecular weight is 371 g/mol. The fraction of sp³-hybridized carbons (Fsp3) is 0. The van der Waals surface area contributed by atoms with E-state index in [-0.39, 0.29) is 22.9 Å². The molecule has 0 aliphatic heterocycles. The second-order valence-electron chi connectivity index (χ2n) is 5.26. The van der Waals surface area contributed by atoms with Crippen molar-refractivity contribution < 1.29 is 23.1 Å². The Morgan fingerprint density at radius 2 is 1.85 bits per heavy atom. The van der Waals surface area contributed by atoms with E-state index in [4.69, 9.17) is 20.8 Å². The summed E-state index contributed by atoms with van der Waals surface area (Å²) in [6, 6.07) is 13.0. The van der Waals surface area contributed by atoms with Crippen LogP contribution >= 0.6 is 11.6 Å². The SMILES string of the molecule is O=C(Oc1ccc(Cl)cc1C(=O)/C=C/c1ccc(F)cc1)c1ccco1. The molecule has 1 aromatic heterocycles. The number of ether oxygens (including phenoxy) is 1. The Hall–Kier alpha value is -3.18. The van der Waals surface area contributed by atoms with Crippen molar-refractivity contribution in [3.8, 4) is 5.75 Å². The largest absolute Gasteiger partial charge is 0.457 e. The van der Waals surface area contributed by atoms with Gasteiger partial charge in [0, 0.05) is 5.02 Å². The molecule has 0 saturated carbocycles. The second kappa shape index (κ2) is 7.80. The Balaban J connectivity index is 1.83. The lowest BCUT2D eigenvalue weighted by atomic mass is 10.1. The van der Waals surface area contributed by atoms with E-state index in [0.717, 1.165) is 0 Å². The first-order valence-corrected chi connectivity index (χ1v) is 7.94. The van der Waals surface area contributed by atoms with Crippen molar-refractivity contribution in [1.29, 1.82) is 0 Å². The Kier molecular flexibility index (Phi) is 5.29. The first-order valence-electron chi connectivity index (χ1n) is 7.56. The summed E-state index contributed by atoms with van der Waals surface area (Å²) in [5, 5.41) is 0.321. The number of furan rings is 1. The molecule has 3 aromatic rings. The van der Waals surface area contributed by atoms with E-state index in [1.165, 1.54) is 66.9 Å². The first-order chi connectivity index (χ1) is 12.5. The maximum Gasteiger partial charge on any atom is 0.379 e. The summed E-state index contributed by atoms with van der Waals surface area (Å²) < 4.78 is 23.1. The first kappa shape index (κ1) is 17.6. The highest BCUT2D eigenvalue weighted by Crippen LogP contribution is 2.25. The standard InChI is InChI=1S/C20H12ClFO4/c21-14-6-10-18(26-20(24)19-2-1-11-25-19)16(12-14)17(23)9-5-13-3-7-15(22)8-4-13/h1-12H/b9-5+. The van der Waals surface area contributed by atoms with Crippen LogP contribution in [-0.2, 0) is 0 Å². The number of hydrogen-bond donors (Lipinski definition) is 0. The lowest BCUT2D eigenvalue weighted by Gasteiger charge is -2.07. The van der Waals surface area contributed by atoms with Crippen LogP contribution in [0, 0.1) is 5.82 Å². The predicted molar refractivity (Wildman–Crippen MR) is 94.9 cm³/mol. The number of hydrogen-bond acceptors (Lipinski definition) is 4. The maximum atomic E-state index is 12.9. The van der Waals surface area contributed by atoms with Gasteiger partial charge in [0.25, 0.3) is 0 Å². The highest BCUT2D eigenvalue weighted by atomic mass is 35.5. The highest BCUT2D eigenvalue weighted by Gasteiger charge is 2.17. The van der Waals surface area contributed by atoms with Crippen molar-refractivity contribution in [1.82, 2.24) is 0 Å². The molecule has 0 amide bonds. The zero-order valence-corrected chi connectivity index (χ0v) is 14.1. The fourth-order valence-corrected chi connectivity index (χ4v) is 2.34. The lowest BCUT2D eigenvalue weighted by Crippen LogP contribution is -2.10. The second-order valence-corrected chi connectivity index (χ2v) is 5.69. The van der Waals surface area contributed by atoms with Crippen molar-refractivity contribution in [3.63, 3.8) is 0 Å². The van der Waals surface area contributed by atoms with E-state index in [1.54, 1.807) is 6.07 Å². The molecule has 0 spiro atoms. The zero-order chi connectivity index (χ0) is 18.5. The van der Waals surface area contributed by atoms with Crippen LogP contribution in [0.25, 0.3) is 6.08 Å². The number of ketones is 1. The van der Waals surface area contributed by atoms with Crippen LogP contribution in [0.3, 0.4) is 0 Å². The molecule has 0 fully saturated rings. The summed E-state index contributed by atoms with van der Waals surface area (Å²) in [7, 11) is 0. The van der Waals surface area contributed by atoms with Gasteiger partial charge >= 0.3 is 5.97 Å². The number of carbonyl (C=O) groups excluding carboxylic acids is 2. The zero-order valence-electron chi connectivity index (χ0n) is 13.3. The Morgan fingerprint density at radius 3 is 2.54 bits per heavy atom. The van der Waals surface area contributed by atoms with Gasteiger partial charge in [0.1, 0.15) is 11.6 Å². The van der Waals surface area contributed by atoms with Crippen molar-refractivity contribution >= 4 is 29.4 Å². The molecule has 2 aromatic carbocycles. The summed E-state index contributed by atoms with van der Waals surface area (Å²) >= 11 is 5.95.